The molecule has 9 heteroatoms. The lowest BCUT2D eigenvalue weighted by atomic mass is 10.0. The molecular weight excluding hydrogens is 304 g/mol. The van der Waals surface area contributed by atoms with Crippen molar-refractivity contribution in [1.82, 2.24) is 15.6 Å². The van der Waals surface area contributed by atoms with E-state index in [9.17, 15) is 15.3 Å². The van der Waals surface area contributed by atoms with E-state index in [-0.39, 0.29) is 0 Å². The lowest BCUT2D eigenvalue weighted by Gasteiger charge is -2.31. The molecular formula is C14H18N4O5. The quantitative estimate of drug-likeness (QED) is 0.357. The maximum absolute atomic E-state index is 10.1. The highest BCUT2D eigenvalue weighted by molar-refractivity contribution is 5.90. The van der Waals surface area contributed by atoms with Gasteiger partial charge >= 0.3 is 0 Å². The minimum absolute atomic E-state index is 0.369. The number of anilines is 1. The lowest BCUT2D eigenvalue weighted by Crippen LogP contribution is -2.59. The van der Waals surface area contributed by atoms with Crippen LogP contribution in [-0.2, 0) is 4.74 Å². The van der Waals surface area contributed by atoms with Crippen molar-refractivity contribution in [2.75, 3.05) is 18.6 Å². The van der Waals surface area contributed by atoms with Gasteiger partial charge in [-0.3, -0.25) is 0 Å². The Kier molecular flexibility index (Phi) is 4.39. The van der Waals surface area contributed by atoms with Gasteiger partial charge in [-0.15, -0.1) is 5.10 Å². The first-order chi connectivity index (χ1) is 11.1. The number of benzene rings is 1. The van der Waals surface area contributed by atoms with Crippen LogP contribution >= 0.6 is 0 Å². The van der Waals surface area contributed by atoms with E-state index in [0.29, 0.717) is 5.82 Å². The molecule has 6 N–H and O–H groups in total. The molecule has 1 aliphatic rings. The SMILES string of the molecule is OC[C@H]1OC(CO)(NNc2nncc3ccccc23)[C@@H](O)[C@@H]1O. The predicted octanol–water partition coefficient (Wildman–Crippen LogP) is -1.65. The molecule has 9 nitrogen and oxygen atoms in total. The van der Waals surface area contributed by atoms with Gasteiger partial charge in [-0.05, 0) is 0 Å². The van der Waals surface area contributed by atoms with Crippen molar-refractivity contribution in [2.24, 2.45) is 0 Å². The Bertz CT molecular complexity index is 682. The van der Waals surface area contributed by atoms with Crippen LogP contribution in [0.15, 0.2) is 30.5 Å². The molecule has 0 amide bonds. The van der Waals surface area contributed by atoms with Gasteiger partial charge in [0, 0.05) is 10.8 Å². The monoisotopic (exact) mass is 322 g/mol. The molecule has 0 aliphatic carbocycles. The Hall–Kier alpha value is -1.88. The summed E-state index contributed by atoms with van der Waals surface area (Å²) in [5, 5.41) is 48.2. The number of aliphatic hydroxyl groups excluding tert-OH is 4. The number of aromatic nitrogens is 2. The number of rotatable bonds is 5. The molecule has 0 radical (unpaired) electrons. The van der Waals surface area contributed by atoms with Crippen LogP contribution in [0.4, 0.5) is 5.82 Å². The van der Waals surface area contributed by atoms with E-state index in [1.165, 1.54) is 0 Å². The van der Waals surface area contributed by atoms with Crippen LogP contribution in [0.25, 0.3) is 10.8 Å². The summed E-state index contributed by atoms with van der Waals surface area (Å²) in [5.41, 5.74) is 3.73. The molecule has 4 atom stereocenters. The molecule has 1 saturated heterocycles. The molecule has 124 valence electrons. The van der Waals surface area contributed by atoms with Gasteiger partial charge in [0.15, 0.2) is 11.5 Å². The fourth-order valence-corrected chi connectivity index (χ4v) is 2.59. The van der Waals surface area contributed by atoms with E-state index in [0.717, 1.165) is 10.8 Å². The minimum atomic E-state index is -1.68. The summed E-state index contributed by atoms with van der Waals surface area (Å²) < 4.78 is 5.38. The van der Waals surface area contributed by atoms with E-state index in [1.807, 2.05) is 24.3 Å². The highest BCUT2D eigenvalue weighted by Gasteiger charge is 2.54. The standard InChI is InChI=1S/C14H18N4O5/c19-6-10-11(21)12(22)14(7-20,23-10)18-17-13-9-4-2-1-3-8(9)5-15-16-13/h1-5,10-12,18-22H,6-7H2,(H,16,17)/t10-,11-,12+,14?/m1/s1. The van der Waals surface area contributed by atoms with E-state index < -0.39 is 37.3 Å². The second-order valence-electron chi connectivity index (χ2n) is 5.35. The van der Waals surface area contributed by atoms with E-state index in [4.69, 9.17) is 9.84 Å². The van der Waals surface area contributed by atoms with Crippen LogP contribution in [0, 0.1) is 0 Å². The number of hydrazine groups is 1. The molecule has 1 aromatic carbocycles. The molecule has 0 spiro atoms. The van der Waals surface area contributed by atoms with E-state index >= 15 is 0 Å². The van der Waals surface area contributed by atoms with Crippen LogP contribution in [0.2, 0.25) is 0 Å². The zero-order valence-corrected chi connectivity index (χ0v) is 12.1. The van der Waals surface area contributed by atoms with Crippen molar-refractivity contribution in [2.45, 2.75) is 24.0 Å². The summed E-state index contributed by atoms with van der Waals surface area (Å²) >= 11 is 0. The molecule has 2 aromatic rings. The largest absolute Gasteiger partial charge is 0.394 e. The van der Waals surface area contributed by atoms with Gasteiger partial charge in [0.05, 0.1) is 19.4 Å². The van der Waals surface area contributed by atoms with Gasteiger partial charge < -0.3 is 30.6 Å². The van der Waals surface area contributed by atoms with Crippen LogP contribution in [0.5, 0.6) is 0 Å². The van der Waals surface area contributed by atoms with Gasteiger partial charge in [0.1, 0.15) is 18.3 Å². The Balaban J connectivity index is 1.83. The number of ether oxygens (including phenoxy) is 1. The second kappa shape index (κ2) is 6.32. The predicted molar refractivity (Wildman–Crippen MR) is 80.1 cm³/mol. The van der Waals surface area contributed by atoms with Crippen LogP contribution in [0.3, 0.4) is 0 Å². The van der Waals surface area contributed by atoms with Gasteiger partial charge in [-0.1, -0.05) is 24.3 Å². The fraction of sp³-hybridized carbons (Fsp3) is 0.429. The van der Waals surface area contributed by atoms with Gasteiger partial charge in [0.2, 0.25) is 0 Å². The van der Waals surface area contributed by atoms with Gasteiger partial charge in [-0.25, -0.2) is 5.43 Å². The molecule has 1 aliphatic heterocycles. The Morgan fingerprint density at radius 2 is 2.00 bits per heavy atom. The van der Waals surface area contributed by atoms with Crippen molar-refractivity contribution in [3.8, 4) is 0 Å². The van der Waals surface area contributed by atoms with Crippen molar-refractivity contribution in [3.05, 3.63) is 30.5 Å². The maximum Gasteiger partial charge on any atom is 0.187 e. The third-order valence-corrected chi connectivity index (χ3v) is 3.92. The summed E-state index contributed by atoms with van der Waals surface area (Å²) in [6.07, 6.45) is -2.18. The zero-order chi connectivity index (χ0) is 16.4. The van der Waals surface area contributed by atoms with E-state index in [2.05, 4.69) is 21.0 Å². The number of hydrogen-bond acceptors (Lipinski definition) is 9. The molecule has 0 bridgehead atoms. The third-order valence-electron chi connectivity index (χ3n) is 3.92. The smallest absolute Gasteiger partial charge is 0.187 e. The molecule has 1 fully saturated rings. The number of nitrogens with one attached hydrogen (secondary N) is 2. The molecule has 3 rings (SSSR count). The Morgan fingerprint density at radius 3 is 2.70 bits per heavy atom. The summed E-state index contributed by atoms with van der Waals surface area (Å²) in [6, 6.07) is 7.40. The molecule has 2 heterocycles. The summed E-state index contributed by atoms with van der Waals surface area (Å²) in [6.45, 7) is -1.12. The number of hydrogen-bond donors (Lipinski definition) is 6. The molecule has 1 aromatic heterocycles. The Morgan fingerprint density at radius 1 is 1.22 bits per heavy atom. The summed E-state index contributed by atoms with van der Waals surface area (Å²) in [5.74, 6) is 0.369. The van der Waals surface area contributed by atoms with Crippen molar-refractivity contribution >= 4 is 16.6 Å². The molecule has 23 heavy (non-hydrogen) atoms. The highest BCUT2D eigenvalue weighted by atomic mass is 16.6. The first-order valence-electron chi connectivity index (χ1n) is 7.10. The molecule has 1 unspecified atom stereocenters. The second-order valence-corrected chi connectivity index (χ2v) is 5.35. The number of nitrogens with zero attached hydrogens (tertiary/aromatic N) is 2. The first kappa shape index (κ1) is 16.0. The van der Waals surface area contributed by atoms with Crippen molar-refractivity contribution < 1.29 is 25.2 Å². The zero-order valence-electron chi connectivity index (χ0n) is 12.1. The van der Waals surface area contributed by atoms with Crippen LogP contribution < -0.4 is 10.9 Å². The van der Waals surface area contributed by atoms with Gasteiger partial charge in [-0.2, -0.15) is 5.10 Å². The average molecular weight is 322 g/mol. The van der Waals surface area contributed by atoms with E-state index in [1.54, 1.807) is 6.20 Å². The van der Waals surface area contributed by atoms with Crippen LogP contribution in [-0.4, -0.2) is 67.9 Å². The van der Waals surface area contributed by atoms with Crippen molar-refractivity contribution in [1.29, 1.82) is 0 Å². The summed E-state index contributed by atoms with van der Waals surface area (Å²) in [7, 11) is 0. The van der Waals surface area contributed by atoms with Crippen molar-refractivity contribution in [3.63, 3.8) is 0 Å². The lowest BCUT2D eigenvalue weighted by molar-refractivity contribution is -0.134. The highest BCUT2D eigenvalue weighted by Crippen LogP contribution is 2.29. The number of fused-ring (bicyclic) bond motifs is 1. The fourth-order valence-electron chi connectivity index (χ4n) is 2.59. The van der Waals surface area contributed by atoms with Gasteiger partial charge in [0.25, 0.3) is 0 Å². The average Bonchev–Trinajstić information content (AvgIpc) is 2.85. The minimum Gasteiger partial charge on any atom is -0.394 e. The summed E-state index contributed by atoms with van der Waals surface area (Å²) in [4.78, 5) is 0. The Labute approximate surface area is 131 Å². The maximum atomic E-state index is 10.1. The topological polar surface area (TPSA) is 140 Å². The normalized spacial score (nSPS) is 30.7. The third kappa shape index (κ3) is 2.74. The van der Waals surface area contributed by atoms with Crippen LogP contribution in [0.1, 0.15) is 0 Å². The number of aliphatic hydroxyl groups is 4. The molecule has 0 saturated carbocycles. The first-order valence-corrected chi connectivity index (χ1v) is 7.10.